The van der Waals surface area contributed by atoms with Gasteiger partial charge in [-0.2, -0.15) is 5.10 Å². The van der Waals surface area contributed by atoms with Crippen LogP contribution in [0, 0.1) is 11.8 Å². The number of halogens is 1. The van der Waals surface area contributed by atoms with Crippen LogP contribution in [0.25, 0.3) is 10.9 Å². The number of aromatic amines is 1. The number of H-pyrrole nitrogens is 1. The summed E-state index contributed by atoms with van der Waals surface area (Å²) in [7, 11) is 0. The largest absolute Gasteiger partial charge is 0.385 e. The van der Waals surface area contributed by atoms with Crippen LogP contribution >= 0.6 is 11.6 Å². The summed E-state index contributed by atoms with van der Waals surface area (Å²) in [6.07, 6.45) is 3.56. The first-order chi connectivity index (χ1) is 10.5. The number of aromatic nitrogens is 2. The lowest BCUT2D eigenvalue weighted by Gasteiger charge is -2.27. The molecule has 0 bridgehead atoms. The van der Waals surface area contributed by atoms with E-state index in [9.17, 15) is 9.90 Å². The number of aliphatic hydroxyl groups is 1. The third-order valence-corrected chi connectivity index (χ3v) is 5.37. The molecule has 4 atom stereocenters. The van der Waals surface area contributed by atoms with E-state index in [1.54, 1.807) is 6.20 Å². The van der Waals surface area contributed by atoms with Gasteiger partial charge < -0.3 is 10.4 Å². The summed E-state index contributed by atoms with van der Waals surface area (Å²) < 4.78 is 0. The van der Waals surface area contributed by atoms with E-state index in [2.05, 4.69) is 15.5 Å². The number of benzene rings is 1. The molecule has 2 aliphatic carbocycles. The Morgan fingerprint density at radius 3 is 2.91 bits per heavy atom. The SMILES string of the molecule is CCC(=O)N[C@H]1[C@@H]2C[C@@](O)(c3cc(Cl)cc4[nH]ncc34)C[C@@H]21. The van der Waals surface area contributed by atoms with Gasteiger partial charge in [0.2, 0.25) is 5.91 Å². The van der Waals surface area contributed by atoms with Crippen LogP contribution in [0.15, 0.2) is 18.3 Å². The van der Waals surface area contributed by atoms with Gasteiger partial charge in [0.15, 0.2) is 0 Å². The summed E-state index contributed by atoms with van der Waals surface area (Å²) in [4.78, 5) is 11.5. The smallest absolute Gasteiger partial charge is 0.219 e. The highest BCUT2D eigenvalue weighted by Crippen LogP contribution is 2.60. The quantitative estimate of drug-likeness (QED) is 0.812. The second-order valence-electron chi connectivity index (χ2n) is 6.50. The van der Waals surface area contributed by atoms with Crippen molar-refractivity contribution in [3.63, 3.8) is 0 Å². The number of hydrogen-bond donors (Lipinski definition) is 3. The molecule has 2 aromatic rings. The Morgan fingerprint density at radius 1 is 1.50 bits per heavy atom. The Morgan fingerprint density at radius 2 is 2.23 bits per heavy atom. The summed E-state index contributed by atoms with van der Waals surface area (Å²) in [6, 6.07) is 3.88. The predicted molar refractivity (Wildman–Crippen MR) is 83.4 cm³/mol. The topological polar surface area (TPSA) is 78.0 Å². The van der Waals surface area contributed by atoms with Crippen molar-refractivity contribution in [3.8, 4) is 0 Å². The van der Waals surface area contributed by atoms with Gasteiger partial charge in [0.25, 0.3) is 0 Å². The molecular formula is C16H18ClN3O2. The molecule has 116 valence electrons. The van der Waals surface area contributed by atoms with Gasteiger partial charge in [0, 0.05) is 22.9 Å². The molecule has 1 amide bonds. The Labute approximate surface area is 133 Å². The zero-order chi connectivity index (χ0) is 15.5. The second-order valence-corrected chi connectivity index (χ2v) is 6.94. The molecule has 22 heavy (non-hydrogen) atoms. The molecule has 2 saturated carbocycles. The lowest BCUT2D eigenvalue weighted by atomic mass is 9.86. The van der Waals surface area contributed by atoms with E-state index in [1.807, 2.05) is 19.1 Å². The molecule has 4 rings (SSSR count). The molecule has 3 N–H and O–H groups in total. The monoisotopic (exact) mass is 319 g/mol. The molecule has 2 fully saturated rings. The maximum atomic E-state index is 11.5. The normalized spacial score (nSPS) is 33.0. The highest BCUT2D eigenvalue weighted by Gasteiger charge is 2.62. The van der Waals surface area contributed by atoms with Gasteiger partial charge in [-0.25, -0.2) is 0 Å². The van der Waals surface area contributed by atoms with Crippen molar-refractivity contribution in [1.82, 2.24) is 15.5 Å². The lowest BCUT2D eigenvalue weighted by Crippen LogP contribution is -2.33. The van der Waals surface area contributed by atoms with E-state index in [4.69, 9.17) is 11.6 Å². The summed E-state index contributed by atoms with van der Waals surface area (Å²) >= 11 is 6.17. The van der Waals surface area contributed by atoms with Crippen molar-refractivity contribution in [3.05, 3.63) is 28.9 Å². The number of amides is 1. The highest BCUT2D eigenvalue weighted by atomic mass is 35.5. The van der Waals surface area contributed by atoms with Crippen LogP contribution in [0.3, 0.4) is 0 Å². The van der Waals surface area contributed by atoms with E-state index in [1.165, 1.54) is 0 Å². The van der Waals surface area contributed by atoms with Crippen LogP contribution < -0.4 is 5.32 Å². The number of carbonyl (C=O) groups is 1. The summed E-state index contributed by atoms with van der Waals surface area (Å²) in [5.74, 6) is 0.811. The molecule has 0 unspecified atom stereocenters. The Balaban J connectivity index is 1.60. The predicted octanol–water partition coefficient (Wildman–Crippen LogP) is 2.34. The van der Waals surface area contributed by atoms with E-state index in [-0.39, 0.29) is 11.9 Å². The molecule has 0 aliphatic heterocycles. The molecule has 0 radical (unpaired) electrons. The van der Waals surface area contributed by atoms with Crippen molar-refractivity contribution >= 4 is 28.4 Å². The number of rotatable bonds is 3. The Hall–Kier alpha value is -1.59. The molecule has 1 aromatic carbocycles. The molecule has 1 heterocycles. The summed E-state index contributed by atoms with van der Waals surface area (Å²) in [6.45, 7) is 1.85. The zero-order valence-electron chi connectivity index (χ0n) is 12.3. The summed E-state index contributed by atoms with van der Waals surface area (Å²) in [5.41, 5.74) is 0.805. The summed E-state index contributed by atoms with van der Waals surface area (Å²) in [5, 5.41) is 22.6. The fraction of sp³-hybridized carbons (Fsp3) is 0.500. The van der Waals surface area contributed by atoms with Crippen molar-refractivity contribution in [2.75, 3.05) is 0 Å². The zero-order valence-corrected chi connectivity index (χ0v) is 13.0. The number of hydrogen-bond acceptors (Lipinski definition) is 3. The van der Waals surface area contributed by atoms with E-state index in [0.717, 1.165) is 16.5 Å². The molecule has 1 aromatic heterocycles. The maximum absolute atomic E-state index is 11.5. The van der Waals surface area contributed by atoms with Gasteiger partial charge in [-0.3, -0.25) is 9.89 Å². The van der Waals surface area contributed by atoms with Crippen LogP contribution in [-0.4, -0.2) is 27.3 Å². The molecular weight excluding hydrogens is 302 g/mol. The molecule has 0 spiro atoms. The average Bonchev–Trinajstić information content (AvgIpc) is 2.86. The highest BCUT2D eigenvalue weighted by molar-refractivity contribution is 6.31. The van der Waals surface area contributed by atoms with Gasteiger partial charge in [-0.1, -0.05) is 18.5 Å². The minimum atomic E-state index is -0.879. The number of nitrogens with one attached hydrogen (secondary N) is 2. The molecule has 2 aliphatic rings. The second kappa shape index (κ2) is 4.70. The van der Waals surface area contributed by atoms with Crippen LogP contribution in [0.1, 0.15) is 31.7 Å². The third kappa shape index (κ3) is 2.03. The van der Waals surface area contributed by atoms with Gasteiger partial charge in [-0.05, 0) is 42.4 Å². The van der Waals surface area contributed by atoms with Crippen LogP contribution in [0.4, 0.5) is 0 Å². The Kier molecular flexibility index (Phi) is 3.00. The van der Waals surface area contributed by atoms with Crippen molar-refractivity contribution in [1.29, 1.82) is 0 Å². The average molecular weight is 320 g/mol. The lowest BCUT2D eigenvalue weighted by molar-refractivity contribution is -0.121. The first-order valence-electron chi connectivity index (χ1n) is 7.66. The number of fused-ring (bicyclic) bond motifs is 2. The van der Waals surface area contributed by atoms with Crippen LogP contribution in [0.2, 0.25) is 5.02 Å². The van der Waals surface area contributed by atoms with Gasteiger partial charge in [0.1, 0.15) is 0 Å². The van der Waals surface area contributed by atoms with Crippen LogP contribution in [0.5, 0.6) is 0 Å². The van der Waals surface area contributed by atoms with Gasteiger partial charge >= 0.3 is 0 Å². The van der Waals surface area contributed by atoms with Gasteiger partial charge in [-0.15, -0.1) is 0 Å². The maximum Gasteiger partial charge on any atom is 0.219 e. The fourth-order valence-electron chi connectivity index (χ4n) is 3.99. The standard InChI is InChI=1S/C16H18ClN3O2/c1-2-14(21)19-15-9-5-16(22,6-10(9)15)12-3-8(17)4-13-11(12)7-18-20-13/h3-4,7,9-10,15,22H,2,5-6H2,1H3,(H,18,20)(H,19,21)/t9-,10+,15+,16+. The van der Waals surface area contributed by atoms with E-state index >= 15 is 0 Å². The number of carbonyl (C=O) groups excluding carboxylic acids is 1. The minimum absolute atomic E-state index is 0.0860. The third-order valence-electron chi connectivity index (χ3n) is 5.15. The van der Waals surface area contributed by atoms with E-state index < -0.39 is 5.60 Å². The molecule has 5 nitrogen and oxygen atoms in total. The van der Waals surface area contributed by atoms with Crippen molar-refractivity contribution in [2.45, 2.75) is 37.8 Å². The first-order valence-corrected chi connectivity index (χ1v) is 8.04. The van der Waals surface area contributed by atoms with Gasteiger partial charge in [0.05, 0.1) is 17.3 Å². The fourth-order valence-corrected chi connectivity index (χ4v) is 4.21. The Bertz CT molecular complexity index is 745. The van der Waals surface area contributed by atoms with Crippen LogP contribution in [-0.2, 0) is 10.4 Å². The van der Waals surface area contributed by atoms with Crippen molar-refractivity contribution < 1.29 is 9.90 Å². The number of nitrogens with zero attached hydrogens (tertiary/aromatic N) is 1. The minimum Gasteiger partial charge on any atom is -0.385 e. The molecule has 0 saturated heterocycles. The van der Waals surface area contributed by atoms with E-state index in [0.29, 0.717) is 36.1 Å². The van der Waals surface area contributed by atoms with Crippen molar-refractivity contribution in [2.24, 2.45) is 11.8 Å². The molecule has 6 heteroatoms. The first kappa shape index (κ1) is 14.0.